The van der Waals surface area contributed by atoms with Crippen molar-refractivity contribution >= 4 is 11.9 Å². The molecule has 0 fully saturated rings. The van der Waals surface area contributed by atoms with Crippen molar-refractivity contribution in [1.82, 2.24) is 0 Å². The maximum absolute atomic E-state index is 11.9. The maximum Gasteiger partial charge on any atom is 0.338 e. The van der Waals surface area contributed by atoms with E-state index in [0.29, 0.717) is 30.8 Å². The molecule has 1 atom stereocenters. The van der Waals surface area contributed by atoms with Crippen LogP contribution in [0.3, 0.4) is 0 Å². The first-order valence-electron chi connectivity index (χ1n) is 8.23. The Morgan fingerprint density at radius 3 is 2.00 bits per heavy atom. The van der Waals surface area contributed by atoms with Gasteiger partial charge in [0.25, 0.3) is 0 Å². The average Bonchev–Trinajstić information content (AvgIpc) is 2.65. The van der Waals surface area contributed by atoms with Gasteiger partial charge in [-0.05, 0) is 31.2 Å². The Labute approximate surface area is 147 Å². The number of carbonyl (C=O) groups is 2. The van der Waals surface area contributed by atoms with Crippen LogP contribution in [0.5, 0.6) is 0 Å². The molecule has 0 N–H and O–H groups in total. The fraction of sp³-hybridized carbons (Fsp3) is 0.300. The van der Waals surface area contributed by atoms with Crippen LogP contribution in [0.15, 0.2) is 60.7 Å². The van der Waals surface area contributed by atoms with Gasteiger partial charge in [-0.3, -0.25) is 0 Å². The minimum absolute atomic E-state index is 0.284. The second-order valence-electron chi connectivity index (χ2n) is 5.51. The van der Waals surface area contributed by atoms with Gasteiger partial charge in [0.1, 0.15) is 6.10 Å². The first-order chi connectivity index (χ1) is 12.2. The Morgan fingerprint density at radius 1 is 0.840 bits per heavy atom. The number of hydrogen-bond acceptors (Lipinski definition) is 5. The fourth-order valence-electron chi connectivity index (χ4n) is 2.09. The van der Waals surface area contributed by atoms with Gasteiger partial charge in [-0.1, -0.05) is 36.4 Å². The summed E-state index contributed by atoms with van der Waals surface area (Å²) < 4.78 is 15.9. The molecule has 0 radical (unpaired) electrons. The predicted molar refractivity (Wildman–Crippen MR) is 93.5 cm³/mol. The molecule has 0 aliphatic rings. The molecule has 5 nitrogen and oxygen atoms in total. The van der Waals surface area contributed by atoms with E-state index in [9.17, 15) is 9.59 Å². The third kappa shape index (κ3) is 6.77. The molecule has 5 heteroatoms. The van der Waals surface area contributed by atoms with E-state index in [4.69, 9.17) is 14.2 Å². The van der Waals surface area contributed by atoms with E-state index in [1.807, 2.05) is 12.1 Å². The lowest BCUT2D eigenvalue weighted by Crippen LogP contribution is -2.21. The van der Waals surface area contributed by atoms with Gasteiger partial charge in [0.05, 0.1) is 24.3 Å². The third-order valence-electron chi connectivity index (χ3n) is 3.35. The Balaban J connectivity index is 1.55. The van der Waals surface area contributed by atoms with Gasteiger partial charge < -0.3 is 14.2 Å². The lowest BCUT2D eigenvalue weighted by atomic mass is 10.2. The largest absolute Gasteiger partial charge is 0.462 e. The number of rotatable bonds is 9. The van der Waals surface area contributed by atoms with E-state index < -0.39 is 0 Å². The summed E-state index contributed by atoms with van der Waals surface area (Å²) in [7, 11) is 0. The van der Waals surface area contributed by atoms with E-state index in [2.05, 4.69) is 0 Å². The topological polar surface area (TPSA) is 61.8 Å². The molecule has 1 unspecified atom stereocenters. The van der Waals surface area contributed by atoms with Crippen molar-refractivity contribution in [1.29, 1.82) is 0 Å². The Bertz CT molecular complexity index is 654. The van der Waals surface area contributed by atoms with E-state index in [0.717, 1.165) is 0 Å². The number of hydrogen-bond donors (Lipinski definition) is 0. The highest BCUT2D eigenvalue weighted by molar-refractivity contribution is 5.89. The summed E-state index contributed by atoms with van der Waals surface area (Å²) in [5.74, 6) is -0.709. The lowest BCUT2D eigenvalue weighted by Gasteiger charge is -2.13. The predicted octanol–water partition coefficient (Wildman–Crippen LogP) is 3.50. The van der Waals surface area contributed by atoms with Crippen LogP contribution in [-0.4, -0.2) is 37.9 Å². The van der Waals surface area contributed by atoms with Crippen molar-refractivity contribution in [2.75, 3.05) is 19.8 Å². The van der Waals surface area contributed by atoms with Crippen LogP contribution in [-0.2, 0) is 14.2 Å². The second-order valence-corrected chi connectivity index (χ2v) is 5.51. The van der Waals surface area contributed by atoms with Crippen molar-refractivity contribution in [3.05, 3.63) is 71.8 Å². The molecule has 0 saturated heterocycles. The summed E-state index contributed by atoms with van der Waals surface area (Å²) in [6.45, 7) is 2.78. The molecule has 0 saturated carbocycles. The first-order valence-corrected chi connectivity index (χ1v) is 8.23. The molecule has 0 bridgehead atoms. The van der Waals surface area contributed by atoms with Crippen LogP contribution in [0.1, 0.15) is 34.1 Å². The van der Waals surface area contributed by atoms with Gasteiger partial charge in [-0.25, -0.2) is 9.59 Å². The number of esters is 2. The molecule has 2 rings (SSSR count). The van der Waals surface area contributed by atoms with E-state index in [1.165, 1.54) is 0 Å². The highest BCUT2D eigenvalue weighted by Gasteiger charge is 2.11. The number of ether oxygens (including phenoxy) is 3. The van der Waals surface area contributed by atoms with Crippen molar-refractivity contribution in [2.45, 2.75) is 19.4 Å². The Kier molecular flexibility index (Phi) is 7.66. The van der Waals surface area contributed by atoms with E-state index in [1.54, 1.807) is 55.5 Å². The summed E-state index contributed by atoms with van der Waals surface area (Å²) in [6, 6.07) is 17.7. The molecule has 0 aliphatic carbocycles. The van der Waals surface area contributed by atoms with Crippen LogP contribution >= 0.6 is 0 Å². The van der Waals surface area contributed by atoms with Crippen molar-refractivity contribution in [3.63, 3.8) is 0 Å². The summed E-state index contributed by atoms with van der Waals surface area (Å²) in [6.07, 6.45) is 0.234. The standard InChI is InChI=1S/C20H22O5/c1-16(25-20(22)18-11-6-3-7-12-18)15-23-13-8-14-24-19(21)17-9-4-2-5-10-17/h2-7,9-12,16H,8,13-15H2,1H3. The smallest absolute Gasteiger partial charge is 0.338 e. The molecular weight excluding hydrogens is 320 g/mol. The van der Waals surface area contributed by atoms with Gasteiger partial charge in [0.15, 0.2) is 0 Å². The fourth-order valence-corrected chi connectivity index (χ4v) is 2.09. The molecule has 0 heterocycles. The molecule has 25 heavy (non-hydrogen) atoms. The number of benzene rings is 2. The normalized spacial score (nSPS) is 11.6. The SMILES string of the molecule is CC(COCCCOC(=O)c1ccccc1)OC(=O)c1ccccc1. The van der Waals surface area contributed by atoms with Crippen LogP contribution < -0.4 is 0 Å². The second kappa shape index (κ2) is 10.3. The molecule has 2 aromatic carbocycles. The summed E-state index contributed by atoms with van der Waals surface area (Å²) in [5.41, 5.74) is 1.05. The molecule has 0 amide bonds. The molecule has 132 valence electrons. The van der Waals surface area contributed by atoms with Gasteiger partial charge in [-0.15, -0.1) is 0 Å². The zero-order chi connectivity index (χ0) is 17.9. The highest BCUT2D eigenvalue weighted by Crippen LogP contribution is 2.05. The third-order valence-corrected chi connectivity index (χ3v) is 3.35. The average molecular weight is 342 g/mol. The summed E-state index contributed by atoms with van der Waals surface area (Å²) >= 11 is 0. The first kappa shape index (κ1) is 18.7. The molecule has 2 aromatic rings. The molecular formula is C20H22O5. The quantitative estimate of drug-likeness (QED) is 0.516. The summed E-state index contributed by atoms with van der Waals surface area (Å²) in [4.78, 5) is 23.6. The molecule has 0 spiro atoms. The molecule has 0 aliphatic heterocycles. The lowest BCUT2D eigenvalue weighted by molar-refractivity contribution is -0.00159. The van der Waals surface area contributed by atoms with Crippen LogP contribution in [0, 0.1) is 0 Å². The molecule has 0 aromatic heterocycles. The van der Waals surface area contributed by atoms with Crippen molar-refractivity contribution in [2.24, 2.45) is 0 Å². The maximum atomic E-state index is 11.9. The van der Waals surface area contributed by atoms with E-state index >= 15 is 0 Å². The van der Waals surface area contributed by atoms with E-state index in [-0.39, 0.29) is 24.6 Å². The van der Waals surface area contributed by atoms with Gasteiger partial charge in [0, 0.05) is 13.0 Å². The zero-order valence-electron chi connectivity index (χ0n) is 14.2. The highest BCUT2D eigenvalue weighted by atomic mass is 16.6. The monoisotopic (exact) mass is 342 g/mol. The van der Waals surface area contributed by atoms with Crippen molar-refractivity contribution < 1.29 is 23.8 Å². The minimum Gasteiger partial charge on any atom is -0.462 e. The van der Waals surface area contributed by atoms with Gasteiger partial charge in [0.2, 0.25) is 0 Å². The number of carbonyl (C=O) groups excluding carboxylic acids is 2. The van der Waals surface area contributed by atoms with Crippen LogP contribution in [0.4, 0.5) is 0 Å². The van der Waals surface area contributed by atoms with Crippen LogP contribution in [0.25, 0.3) is 0 Å². The Hall–Kier alpha value is -2.66. The van der Waals surface area contributed by atoms with Crippen molar-refractivity contribution in [3.8, 4) is 0 Å². The zero-order valence-corrected chi connectivity index (χ0v) is 14.2. The Morgan fingerprint density at radius 2 is 1.40 bits per heavy atom. The summed E-state index contributed by atoms with van der Waals surface area (Å²) in [5, 5.41) is 0. The minimum atomic E-state index is -0.367. The van der Waals surface area contributed by atoms with Gasteiger partial charge in [-0.2, -0.15) is 0 Å². The van der Waals surface area contributed by atoms with Crippen LogP contribution in [0.2, 0.25) is 0 Å². The van der Waals surface area contributed by atoms with Gasteiger partial charge >= 0.3 is 11.9 Å².